The Morgan fingerprint density at radius 3 is 2.71 bits per heavy atom. The van der Waals surface area contributed by atoms with Gasteiger partial charge in [0.25, 0.3) is 5.92 Å². The van der Waals surface area contributed by atoms with E-state index in [4.69, 9.17) is 0 Å². The minimum Gasteiger partial charge on any atom is -0.411 e. The number of halogens is 4. The molecule has 0 bridgehead atoms. The van der Waals surface area contributed by atoms with Crippen LogP contribution >= 0.6 is 15.9 Å². The molecule has 2 rings (SSSR count). The van der Waals surface area contributed by atoms with Crippen LogP contribution in [0, 0.1) is 5.82 Å². The molecule has 0 saturated heterocycles. The molecule has 0 saturated carbocycles. The summed E-state index contributed by atoms with van der Waals surface area (Å²) < 4.78 is 70.4. The third-order valence-electron chi connectivity index (χ3n) is 3.75. The van der Waals surface area contributed by atoms with Crippen molar-refractivity contribution < 1.29 is 31.4 Å². The van der Waals surface area contributed by atoms with Crippen molar-refractivity contribution in [3.8, 4) is 0 Å². The summed E-state index contributed by atoms with van der Waals surface area (Å²) >= 11 is 3.04. The molecule has 8 nitrogen and oxygen atoms in total. The molecule has 0 unspecified atom stereocenters. The van der Waals surface area contributed by atoms with Gasteiger partial charge in [0, 0.05) is 19.3 Å². The van der Waals surface area contributed by atoms with Crippen LogP contribution in [0.1, 0.15) is 23.4 Å². The third-order valence-corrected chi connectivity index (χ3v) is 5.78. The molecule has 0 atom stereocenters. The SMILES string of the molecule is CNS(=O)(=O)CC(F)(F)CCc1nonc1/C(Cc1ccc(F)c(Br)c1)=N/O. The number of benzene rings is 1. The number of sulfonamides is 1. The normalized spacial score (nSPS) is 13.1. The highest BCUT2D eigenvalue weighted by Gasteiger charge is 2.35. The standard InChI is InChI=1S/C15H16BrF3N4O4S/c1-20-28(25,26)8-15(18,19)5-4-12-14(23-27-22-12)13(21-24)7-9-2-3-11(17)10(16)6-9/h2-3,6,20,24H,4-5,7-8H2,1H3/b21-13+. The van der Waals surface area contributed by atoms with Crippen molar-refractivity contribution >= 4 is 31.7 Å². The maximum atomic E-state index is 13.9. The van der Waals surface area contributed by atoms with E-state index in [1.54, 1.807) is 0 Å². The van der Waals surface area contributed by atoms with Gasteiger partial charge in [-0.05, 0) is 45.8 Å². The van der Waals surface area contributed by atoms with Crippen LogP contribution in [-0.4, -0.2) is 48.4 Å². The molecule has 1 aromatic carbocycles. The molecular weight excluding hydrogens is 469 g/mol. The molecule has 2 N–H and O–H groups in total. The zero-order valence-corrected chi connectivity index (χ0v) is 16.9. The van der Waals surface area contributed by atoms with Crippen molar-refractivity contribution in [3.05, 3.63) is 45.4 Å². The van der Waals surface area contributed by atoms with Gasteiger partial charge in [-0.25, -0.2) is 30.9 Å². The quantitative estimate of drug-likeness (QED) is 0.320. The molecule has 1 aromatic heterocycles. The van der Waals surface area contributed by atoms with Gasteiger partial charge in [0.15, 0.2) is 5.69 Å². The van der Waals surface area contributed by atoms with Crippen molar-refractivity contribution in [1.29, 1.82) is 0 Å². The third kappa shape index (κ3) is 6.01. The molecule has 0 aliphatic carbocycles. The van der Waals surface area contributed by atoms with Crippen molar-refractivity contribution in [1.82, 2.24) is 15.0 Å². The number of oxime groups is 1. The molecule has 0 fully saturated rings. The second-order valence-corrected chi connectivity index (χ2v) is 8.63. The lowest BCUT2D eigenvalue weighted by molar-refractivity contribution is 0.0164. The molecule has 13 heteroatoms. The zero-order valence-electron chi connectivity index (χ0n) is 14.5. The second-order valence-electron chi connectivity index (χ2n) is 5.85. The van der Waals surface area contributed by atoms with Gasteiger partial charge < -0.3 is 5.21 Å². The smallest absolute Gasteiger partial charge is 0.263 e. The van der Waals surface area contributed by atoms with E-state index in [2.05, 4.69) is 36.0 Å². The van der Waals surface area contributed by atoms with E-state index >= 15 is 0 Å². The van der Waals surface area contributed by atoms with Crippen LogP contribution in [0.3, 0.4) is 0 Å². The van der Waals surface area contributed by atoms with Crippen LogP contribution in [0.2, 0.25) is 0 Å². The van der Waals surface area contributed by atoms with E-state index in [1.165, 1.54) is 18.2 Å². The first-order valence-corrected chi connectivity index (χ1v) is 10.3. The lowest BCUT2D eigenvalue weighted by Gasteiger charge is -2.15. The molecule has 1 heterocycles. The number of rotatable bonds is 9. The Morgan fingerprint density at radius 1 is 1.39 bits per heavy atom. The minimum atomic E-state index is -4.11. The van der Waals surface area contributed by atoms with Crippen LogP contribution in [0.15, 0.2) is 32.5 Å². The van der Waals surface area contributed by atoms with Crippen molar-refractivity contribution in [2.45, 2.75) is 25.2 Å². The predicted molar refractivity (Wildman–Crippen MR) is 96.5 cm³/mol. The van der Waals surface area contributed by atoms with E-state index < -0.39 is 33.9 Å². The minimum absolute atomic E-state index is 0.00111. The van der Waals surface area contributed by atoms with Gasteiger partial charge in [0.1, 0.15) is 23.0 Å². The Hall–Kier alpha value is -1.99. The second kappa shape index (κ2) is 9.01. The van der Waals surface area contributed by atoms with E-state index in [0.717, 1.165) is 7.05 Å². The largest absolute Gasteiger partial charge is 0.411 e. The zero-order chi connectivity index (χ0) is 20.9. The van der Waals surface area contributed by atoms with Crippen molar-refractivity contribution in [2.75, 3.05) is 12.8 Å². The Bertz CT molecular complexity index is 966. The molecule has 0 amide bonds. The summed E-state index contributed by atoms with van der Waals surface area (Å²) in [6, 6.07) is 4.12. The predicted octanol–water partition coefficient (Wildman–Crippen LogP) is 2.51. The number of nitrogens with zero attached hydrogens (tertiary/aromatic N) is 3. The molecule has 0 aliphatic rings. The maximum Gasteiger partial charge on any atom is 0.263 e. The van der Waals surface area contributed by atoms with E-state index in [0.29, 0.717) is 5.56 Å². The summed E-state index contributed by atoms with van der Waals surface area (Å²) in [5, 5.41) is 19.5. The fourth-order valence-corrected chi connectivity index (χ4v) is 3.59. The summed E-state index contributed by atoms with van der Waals surface area (Å²) in [5.41, 5.74) is 0.465. The van der Waals surface area contributed by atoms with Gasteiger partial charge in [-0.15, -0.1) is 0 Å². The molecule has 0 spiro atoms. The van der Waals surface area contributed by atoms with Gasteiger partial charge >= 0.3 is 0 Å². The van der Waals surface area contributed by atoms with E-state index in [1.807, 2.05) is 4.72 Å². The molecule has 0 radical (unpaired) electrons. The van der Waals surface area contributed by atoms with Gasteiger partial charge in [-0.1, -0.05) is 16.4 Å². The summed E-state index contributed by atoms with van der Waals surface area (Å²) in [7, 11) is -3.06. The van der Waals surface area contributed by atoms with Gasteiger partial charge in [-0.3, -0.25) is 0 Å². The van der Waals surface area contributed by atoms with E-state index in [9.17, 15) is 26.8 Å². The Balaban J connectivity index is 2.14. The monoisotopic (exact) mass is 484 g/mol. The summed E-state index contributed by atoms with van der Waals surface area (Å²) in [5.74, 6) is -5.37. The number of aryl methyl sites for hydroxylation is 1. The highest BCUT2D eigenvalue weighted by Crippen LogP contribution is 2.24. The average Bonchev–Trinajstić information content (AvgIpc) is 3.08. The topological polar surface area (TPSA) is 118 Å². The van der Waals surface area contributed by atoms with Crippen LogP contribution in [0.4, 0.5) is 13.2 Å². The molecule has 154 valence electrons. The van der Waals surface area contributed by atoms with Crippen LogP contribution in [-0.2, 0) is 22.9 Å². The molecule has 28 heavy (non-hydrogen) atoms. The lowest BCUT2D eigenvalue weighted by atomic mass is 10.0. The van der Waals surface area contributed by atoms with Crippen LogP contribution < -0.4 is 4.72 Å². The van der Waals surface area contributed by atoms with Crippen LogP contribution in [0.5, 0.6) is 0 Å². The Labute approximate surface area is 166 Å². The molecule has 2 aromatic rings. The molecular formula is C15H16BrF3N4O4S. The number of hydrogen-bond acceptors (Lipinski definition) is 7. The number of hydrogen-bond donors (Lipinski definition) is 2. The maximum absolute atomic E-state index is 13.9. The highest BCUT2D eigenvalue weighted by molar-refractivity contribution is 9.10. The van der Waals surface area contributed by atoms with Crippen LogP contribution in [0.25, 0.3) is 0 Å². The molecule has 0 aliphatic heterocycles. The Kier molecular flexibility index (Phi) is 7.17. The van der Waals surface area contributed by atoms with Crippen molar-refractivity contribution in [3.63, 3.8) is 0 Å². The first kappa shape index (κ1) is 22.3. The summed E-state index contributed by atoms with van der Waals surface area (Å²) in [6.45, 7) is 0. The summed E-state index contributed by atoms with van der Waals surface area (Å²) in [6.07, 6.45) is -1.20. The first-order valence-electron chi connectivity index (χ1n) is 7.82. The average molecular weight is 485 g/mol. The summed E-state index contributed by atoms with van der Waals surface area (Å²) in [4.78, 5) is 0. The number of nitrogens with one attached hydrogen (secondary N) is 1. The van der Waals surface area contributed by atoms with Gasteiger partial charge in [0.05, 0.1) is 4.47 Å². The number of alkyl halides is 2. The first-order chi connectivity index (χ1) is 13.1. The fraction of sp³-hybridized carbons (Fsp3) is 0.400. The Morgan fingerprint density at radius 2 is 2.11 bits per heavy atom. The van der Waals surface area contributed by atoms with Crippen molar-refractivity contribution in [2.24, 2.45) is 5.16 Å². The van der Waals surface area contributed by atoms with Gasteiger partial charge in [0.2, 0.25) is 10.0 Å². The fourth-order valence-electron chi connectivity index (χ4n) is 2.32. The number of aromatic nitrogens is 2. The van der Waals surface area contributed by atoms with E-state index in [-0.39, 0.29) is 34.4 Å². The lowest BCUT2D eigenvalue weighted by Crippen LogP contribution is -2.34. The highest BCUT2D eigenvalue weighted by atomic mass is 79.9. The van der Waals surface area contributed by atoms with Gasteiger partial charge in [-0.2, -0.15) is 0 Å².